The highest BCUT2D eigenvalue weighted by molar-refractivity contribution is 6.33. The lowest BCUT2D eigenvalue weighted by Gasteiger charge is -2.19. The number of ether oxygens (including phenoxy) is 3. The molecule has 1 aliphatic heterocycles. The molecule has 0 spiro atoms. The molecular formula is C18H17ClN2O5. The van der Waals surface area contributed by atoms with E-state index in [0.717, 1.165) is 0 Å². The van der Waals surface area contributed by atoms with Gasteiger partial charge in [-0.15, -0.1) is 0 Å². The molecular weight excluding hydrogens is 360 g/mol. The number of carbonyl (C=O) groups is 2. The average molecular weight is 377 g/mol. The van der Waals surface area contributed by atoms with E-state index in [9.17, 15) is 9.59 Å². The summed E-state index contributed by atoms with van der Waals surface area (Å²) >= 11 is 5.82. The molecule has 1 atom stereocenters. The molecule has 0 fully saturated rings. The number of hydrogen-bond acceptors (Lipinski definition) is 6. The summed E-state index contributed by atoms with van der Waals surface area (Å²) in [6.07, 6.45) is -1.01. The lowest BCUT2D eigenvalue weighted by molar-refractivity contribution is -0.123. The molecule has 2 aromatic rings. The number of esters is 1. The quantitative estimate of drug-likeness (QED) is 0.628. The van der Waals surface area contributed by atoms with Crippen LogP contribution in [0.4, 0.5) is 11.4 Å². The topological polar surface area (TPSA) is 99.9 Å². The minimum absolute atomic E-state index is 0.214. The number of fused-ring (bicyclic) bond motifs is 1. The van der Waals surface area contributed by atoms with E-state index in [-0.39, 0.29) is 11.3 Å². The molecule has 136 valence electrons. The van der Waals surface area contributed by atoms with E-state index in [1.807, 2.05) is 0 Å². The molecule has 0 saturated heterocycles. The number of carbonyl (C=O) groups excluding carboxylic acids is 2. The second-order valence-corrected chi connectivity index (χ2v) is 6.04. The molecule has 7 nitrogen and oxygen atoms in total. The monoisotopic (exact) mass is 376 g/mol. The molecule has 26 heavy (non-hydrogen) atoms. The van der Waals surface area contributed by atoms with Crippen molar-refractivity contribution in [1.82, 2.24) is 0 Å². The largest absolute Gasteiger partial charge is 0.486 e. The third-order valence-corrected chi connectivity index (χ3v) is 4.04. The number of nitrogen functional groups attached to an aromatic ring is 1. The Balaban J connectivity index is 1.62. The molecule has 1 amide bonds. The summed E-state index contributed by atoms with van der Waals surface area (Å²) in [5.41, 5.74) is 6.65. The number of amides is 1. The summed E-state index contributed by atoms with van der Waals surface area (Å²) in [4.78, 5) is 24.4. The molecule has 1 aliphatic rings. The lowest BCUT2D eigenvalue weighted by atomic mass is 10.2. The third kappa shape index (κ3) is 4.00. The Morgan fingerprint density at radius 3 is 2.62 bits per heavy atom. The zero-order chi connectivity index (χ0) is 18.7. The lowest BCUT2D eigenvalue weighted by Crippen LogP contribution is -2.30. The molecule has 0 radical (unpaired) electrons. The van der Waals surface area contributed by atoms with Gasteiger partial charge in [0, 0.05) is 11.8 Å². The number of halogens is 1. The van der Waals surface area contributed by atoms with Gasteiger partial charge in [-0.1, -0.05) is 11.6 Å². The van der Waals surface area contributed by atoms with Gasteiger partial charge in [-0.25, -0.2) is 4.79 Å². The number of nitrogens with two attached hydrogens (primary N) is 1. The van der Waals surface area contributed by atoms with Crippen LogP contribution in [-0.2, 0) is 9.53 Å². The van der Waals surface area contributed by atoms with E-state index < -0.39 is 18.0 Å². The summed E-state index contributed by atoms with van der Waals surface area (Å²) in [5.74, 6) is 0.0274. The first-order valence-corrected chi connectivity index (χ1v) is 8.28. The van der Waals surface area contributed by atoms with Crippen LogP contribution in [0.2, 0.25) is 5.02 Å². The molecule has 3 rings (SSSR count). The number of nitrogens with one attached hydrogen (secondary N) is 1. The van der Waals surface area contributed by atoms with Crippen molar-refractivity contribution in [2.24, 2.45) is 0 Å². The van der Waals surface area contributed by atoms with Crippen molar-refractivity contribution >= 4 is 34.9 Å². The molecule has 1 heterocycles. The minimum Gasteiger partial charge on any atom is -0.486 e. The Hall–Kier alpha value is -2.93. The van der Waals surface area contributed by atoms with E-state index in [1.165, 1.54) is 25.1 Å². The van der Waals surface area contributed by atoms with Crippen molar-refractivity contribution in [3.05, 3.63) is 47.0 Å². The number of hydrogen-bond donors (Lipinski definition) is 2. The zero-order valence-electron chi connectivity index (χ0n) is 14.0. The number of rotatable bonds is 4. The van der Waals surface area contributed by atoms with Gasteiger partial charge in [-0.05, 0) is 37.3 Å². The van der Waals surface area contributed by atoms with Gasteiger partial charge in [-0.3, -0.25) is 4.79 Å². The summed E-state index contributed by atoms with van der Waals surface area (Å²) in [6.45, 7) is 2.41. The van der Waals surface area contributed by atoms with Crippen LogP contribution >= 0.6 is 11.6 Å². The Kier molecular flexibility index (Phi) is 5.18. The molecule has 8 heteroatoms. The van der Waals surface area contributed by atoms with Crippen LogP contribution < -0.4 is 20.5 Å². The van der Waals surface area contributed by atoms with Gasteiger partial charge in [0.15, 0.2) is 17.6 Å². The molecule has 2 aromatic carbocycles. The van der Waals surface area contributed by atoms with Crippen LogP contribution in [0.15, 0.2) is 36.4 Å². The fourth-order valence-corrected chi connectivity index (χ4v) is 2.44. The first-order chi connectivity index (χ1) is 12.4. The van der Waals surface area contributed by atoms with Crippen LogP contribution in [-0.4, -0.2) is 31.2 Å². The molecule has 1 unspecified atom stereocenters. The van der Waals surface area contributed by atoms with Crippen LogP contribution in [0.5, 0.6) is 11.5 Å². The molecule has 0 aromatic heterocycles. The van der Waals surface area contributed by atoms with Crippen LogP contribution in [0.3, 0.4) is 0 Å². The zero-order valence-corrected chi connectivity index (χ0v) is 14.7. The van der Waals surface area contributed by atoms with Crippen LogP contribution in [0.1, 0.15) is 17.3 Å². The normalized spacial score (nSPS) is 13.6. The molecule has 0 saturated carbocycles. The van der Waals surface area contributed by atoms with Gasteiger partial charge in [0.05, 0.1) is 16.3 Å². The summed E-state index contributed by atoms with van der Waals surface area (Å²) in [7, 11) is 0. The third-order valence-electron chi connectivity index (χ3n) is 3.69. The highest BCUT2D eigenvalue weighted by Crippen LogP contribution is 2.32. The standard InChI is InChI=1S/C18H17ClN2O5/c1-10(26-18(23)11-2-4-13(19)14(20)8-11)17(22)21-12-3-5-15-16(9-12)25-7-6-24-15/h2-5,8-10H,6-7,20H2,1H3,(H,21,22). The smallest absolute Gasteiger partial charge is 0.338 e. The van der Waals surface area contributed by atoms with Gasteiger partial charge >= 0.3 is 5.97 Å². The fourth-order valence-electron chi connectivity index (χ4n) is 2.32. The maximum Gasteiger partial charge on any atom is 0.338 e. The minimum atomic E-state index is -1.01. The van der Waals surface area contributed by atoms with Crippen molar-refractivity contribution in [2.75, 3.05) is 24.3 Å². The second kappa shape index (κ2) is 7.53. The fraction of sp³-hybridized carbons (Fsp3) is 0.222. The first kappa shape index (κ1) is 17.9. The van der Waals surface area contributed by atoms with Crippen molar-refractivity contribution in [3.8, 4) is 11.5 Å². The highest BCUT2D eigenvalue weighted by atomic mass is 35.5. The van der Waals surface area contributed by atoms with Gasteiger partial charge in [0.1, 0.15) is 13.2 Å². The Morgan fingerprint density at radius 1 is 1.15 bits per heavy atom. The second-order valence-electron chi connectivity index (χ2n) is 5.63. The molecule has 3 N–H and O–H groups in total. The van der Waals surface area contributed by atoms with E-state index in [0.29, 0.717) is 35.4 Å². The van der Waals surface area contributed by atoms with Crippen molar-refractivity contribution in [3.63, 3.8) is 0 Å². The number of benzene rings is 2. The Labute approximate surface area is 155 Å². The summed E-state index contributed by atoms with van der Waals surface area (Å²) in [6, 6.07) is 9.41. The van der Waals surface area contributed by atoms with Gasteiger partial charge in [-0.2, -0.15) is 0 Å². The maximum atomic E-state index is 12.3. The SMILES string of the molecule is CC(OC(=O)c1ccc(Cl)c(N)c1)C(=O)Nc1ccc2c(c1)OCCO2. The van der Waals surface area contributed by atoms with Crippen molar-refractivity contribution in [2.45, 2.75) is 13.0 Å². The first-order valence-electron chi connectivity index (χ1n) is 7.90. The Bertz CT molecular complexity index is 855. The molecule has 0 bridgehead atoms. The summed E-state index contributed by atoms with van der Waals surface area (Å²) in [5, 5.41) is 3.01. The molecule has 0 aliphatic carbocycles. The summed E-state index contributed by atoms with van der Waals surface area (Å²) < 4.78 is 16.1. The Morgan fingerprint density at radius 2 is 1.88 bits per heavy atom. The van der Waals surface area contributed by atoms with Crippen molar-refractivity contribution < 1.29 is 23.8 Å². The van der Waals surface area contributed by atoms with E-state index >= 15 is 0 Å². The average Bonchev–Trinajstić information content (AvgIpc) is 2.63. The highest BCUT2D eigenvalue weighted by Gasteiger charge is 2.20. The van der Waals surface area contributed by atoms with Crippen LogP contribution in [0, 0.1) is 0 Å². The van der Waals surface area contributed by atoms with E-state index in [2.05, 4.69) is 5.32 Å². The van der Waals surface area contributed by atoms with Crippen molar-refractivity contribution in [1.29, 1.82) is 0 Å². The predicted octanol–water partition coefficient (Wildman–Crippen LogP) is 2.88. The van der Waals surface area contributed by atoms with Crippen LogP contribution in [0.25, 0.3) is 0 Å². The predicted molar refractivity (Wildman–Crippen MR) is 96.8 cm³/mol. The maximum absolute atomic E-state index is 12.3. The van der Waals surface area contributed by atoms with E-state index in [4.69, 9.17) is 31.5 Å². The van der Waals surface area contributed by atoms with Gasteiger partial charge in [0.2, 0.25) is 0 Å². The number of anilines is 2. The van der Waals surface area contributed by atoms with Gasteiger partial charge in [0.25, 0.3) is 5.91 Å². The van der Waals surface area contributed by atoms with E-state index in [1.54, 1.807) is 18.2 Å². The van der Waals surface area contributed by atoms with Gasteiger partial charge < -0.3 is 25.3 Å².